The lowest BCUT2D eigenvalue weighted by Gasteiger charge is -2.24. The van der Waals surface area contributed by atoms with Crippen LogP contribution >= 0.6 is 11.3 Å². The molecule has 2 aromatic carbocycles. The molecule has 1 unspecified atom stereocenters. The first kappa shape index (κ1) is 20.4. The average Bonchev–Trinajstić information content (AvgIpc) is 3.17. The van der Waals surface area contributed by atoms with Crippen molar-refractivity contribution in [1.29, 1.82) is 0 Å². The van der Waals surface area contributed by atoms with Crippen molar-refractivity contribution in [3.63, 3.8) is 0 Å². The summed E-state index contributed by atoms with van der Waals surface area (Å²) in [4.78, 5) is 13.6. The van der Waals surface area contributed by atoms with Crippen LogP contribution in [0.25, 0.3) is 0 Å². The number of aryl methyl sites for hydroxylation is 1. The summed E-state index contributed by atoms with van der Waals surface area (Å²) in [5.41, 5.74) is 2.21. The first-order chi connectivity index (χ1) is 14.3. The molecular formula is C22H21NO5S2. The molecule has 1 amide bonds. The fraction of sp³-hybridized carbons (Fsp3) is 0.227. The summed E-state index contributed by atoms with van der Waals surface area (Å²) < 4.78 is 37.1. The number of nitrogens with one attached hydrogen (secondary N) is 1. The van der Waals surface area contributed by atoms with Crippen molar-refractivity contribution in [2.45, 2.75) is 29.1 Å². The molecule has 1 aliphatic rings. The van der Waals surface area contributed by atoms with Gasteiger partial charge in [-0.1, -0.05) is 23.8 Å². The number of thiophene rings is 1. The van der Waals surface area contributed by atoms with E-state index in [1.54, 1.807) is 49.9 Å². The zero-order valence-electron chi connectivity index (χ0n) is 16.8. The topological polar surface area (TPSA) is 81.7 Å². The number of hydrogen-bond donors (Lipinski definition) is 1. The Kier molecular flexibility index (Phi) is 5.29. The van der Waals surface area contributed by atoms with Gasteiger partial charge >= 0.3 is 0 Å². The lowest BCUT2D eigenvalue weighted by atomic mass is 9.90. The van der Waals surface area contributed by atoms with Crippen molar-refractivity contribution in [2.75, 3.05) is 19.5 Å². The molecule has 1 atom stereocenters. The summed E-state index contributed by atoms with van der Waals surface area (Å²) in [5.74, 6) is 0.670. The molecule has 30 heavy (non-hydrogen) atoms. The Labute approximate surface area is 179 Å². The predicted octanol–water partition coefficient (Wildman–Crippen LogP) is 4.38. The maximum absolute atomic E-state index is 13.2. The van der Waals surface area contributed by atoms with Crippen LogP contribution in [0.2, 0.25) is 0 Å². The number of carbonyl (C=O) groups is 1. The van der Waals surface area contributed by atoms with Gasteiger partial charge in [0, 0.05) is 22.6 Å². The van der Waals surface area contributed by atoms with E-state index in [1.807, 2.05) is 19.1 Å². The standard InChI is InChI=1S/C22H21NO5S2/c1-13-4-7-15(8-5-13)30(25,26)19-12-29-22-16(11-20(24)23-21(19)22)14-6-9-17(27-2)18(10-14)28-3/h4-10,12,16H,11H2,1-3H3,(H,23,24). The monoisotopic (exact) mass is 443 g/mol. The van der Waals surface area contributed by atoms with E-state index in [0.717, 1.165) is 16.0 Å². The molecule has 1 aliphatic heterocycles. The van der Waals surface area contributed by atoms with Crippen LogP contribution in [0.5, 0.6) is 11.5 Å². The number of ether oxygens (including phenoxy) is 2. The molecule has 3 aromatic rings. The van der Waals surface area contributed by atoms with Gasteiger partial charge in [-0.25, -0.2) is 8.42 Å². The van der Waals surface area contributed by atoms with Gasteiger partial charge < -0.3 is 14.8 Å². The molecular weight excluding hydrogens is 422 g/mol. The largest absolute Gasteiger partial charge is 0.493 e. The summed E-state index contributed by atoms with van der Waals surface area (Å²) in [6.45, 7) is 1.90. The third-order valence-corrected chi connectivity index (χ3v) is 8.23. The smallest absolute Gasteiger partial charge is 0.225 e. The molecule has 0 saturated carbocycles. The van der Waals surface area contributed by atoms with Gasteiger partial charge in [-0.15, -0.1) is 11.3 Å². The number of methoxy groups -OCH3 is 2. The first-order valence-electron chi connectivity index (χ1n) is 9.30. The fourth-order valence-corrected chi connectivity index (χ4v) is 6.49. The summed E-state index contributed by atoms with van der Waals surface area (Å²) in [6.07, 6.45) is 0.229. The third kappa shape index (κ3) is 3.46. The second-order valence-corrected chi connectivity index (χ2v) is 9.90. The number of anilines is 1. The van der Waals surface area contributed by atoms with Crippen LogP contribution in [0, 0.1) is 6.92 Å². The molecule has 1 aromatic heterocycles. The number of carbonyl (C=O) groups excluding carboxylic acids is 1. The van der Waals surface area contributed by atoms with E-state index < -0.39 is 9.84 Å². The molecule has 6 nitrogen and oxygen atoms in total. The van der Waals surface area contributed by atoms with Crippen LogP contribution < -0.4 is 14.8 Å². The fourth-order valence-electron chi connectivity index (χ4n) is 3.59. The molecule has 0 spiro atoms. The van der Waals surface area contributed by atoms with Gasteiger partial charge in [0.25, 0.3) is 0 Å². The average molecular weight is 444 g/mol. The summed E-state index contributed by atoms with van der Waals surface area (Å²) in [6, 6.07) is 12.2. The highest BCUT2D eigenvalue weighted by Crippen LogP contribution is 2.46. The van der Waals surface area contributed by atoms with Gasteiger partial charge in [0.05, 0.1) is 24.8 Å². The van der Waals surface area contributed by atoms with Crippen LogP contribution in [-0.4, -0.2) is 28.5 Å². The number of rotatable bonds is 5. The van der Waals surface area contributed by atoms with Crippen molar-refractivity contribution in [3.05, 3.63) is 63.8 Å². The molecule has 2 heterocycles. The van der Waals surface area contributed by atoms with Crippen molar-refractivity contribution in [2.24, 2.45) is 0 Å². The zero-order valence-corrected chi connectivity index (χ0v) is 18.4. The Bertz CT molecular complexity index is 1210. The Morgan fingerprint density at radius 3 is 2.40 bits per heavy atom. The second kappa shape index (κ2) is 7.77. The first-order valence-corrected chi connectivity index (χ1v) is 11.7. The molecule has 156 valence electrons. The van der Waals surface area contributed by atoms with E-state index in [1.165, 1.54) is 11.3 Å². The van der Waals surface area contributed by atoms with Gasteiger partial charge in [-0.2, -0.15) is 0 Å². The van der Waals surface area contributed by atoms with E-state index in [4.69, 9.17) is 9.47 Å². The quantitative estimate of drug-likeness (QED) is 0.633. The van der Waals surface area contributed by atoms with Crippen LogP contribution in [-0.2, 0) is 14.6 Å². The number of hydrogen-bond acceptors (Lipinski definition) is 6. The summed E-state index contributed by atoms with van der Waals surface area (Å²) in [7, 11) is -0.641. The highest BCUT2D eigenvalue weighted by Gasteiger charge is 2.34. The number of benzene rings is 2. The second-order valence-electron chi connectivity index (χ2n) is 7.08. The lowest BCUT2D eigenvalue weighted by Crippen LogP contribution is -2.23. The third-order valence-electron chi connectivity index (χ3n) is 5.19. The number of fused-ring (bicyclic) bond motifs is 1. The van der Waals surface area contributed by atoms with E-state index in [9.17, 15) is 13.2 Å². The molecule has 0 radical (unpaired) electrons. The van der Waals surface area contributed by atoms with Crippen LogP contribution in [0.1, 0.15) is 28.3 Å². The van der Waals surface area contributed by atoms with Gasteiger partial charge in [0.1, 0.15) is 4.90 Å². The molecule has 0 fully saturated rings. The Balaban J connectivity index is 1.80. The summed E-state index contributed by atoms with van der Waals surface area (Å²) >= 11 is 1.34. The van der Waals surface area contributed by atoms with Gasteiger partial charge in [-0.05, 0) is 36.8 Å². The van der Waals surface area contributed by atoms with Crippen LogP contribution in [0.15, 0.2) is 57.6 Å². The highest BCUT2D eigenvalue weighted by atomic mass is 32.2. The maximum Gasteiger partial charge on any atom is 0.225 e. The van der Waals surface area contributed by atoms with E-state index in [0.29, 0.717) is 17.2 Å². The molecule has 0 aliphatic carbocycles. The maximum atomic E-state index is 13.2. The minimum atomic E-state index is -3.76. The Morgan fingerprint density at radius 2 is 1.73 bits per heavy atom. The van der Waals surface area contributed by atoms with Crippen molar-refractivity contribution < 1.29 is 22.7 Å². The van der Waals surface area contributed by atoms with Crippen LogP contribution in [0.4, 0.5) is 5.69 Å². The number of amides is 1. The minimum Gasteiger partial charge on any atom is -0.493 e. The van der Waals surface area contributed by atoms with Gasteiger partial charge in [-0.3, -0.25) is 4.79 Å². The molecule has 0 saturated heterocycles. The Hall–Kier alpha value is -2.84. The van der Waals surface area contributed by atoms with Crippen molar-refractivity contribution in [1.82, 2.24) is 0 Å². The predicted molar refractivity (Wildman–Crippen MR) is 116 cm³/mol. The molecule has 4 rings (SSSR count). The van der Waals surface area contributed by atoms with E-state index >= 15 is 0 Å². The van der Waals surface area contributed by atoms with Crippen LogP contribution in [0.3, 0.4) is 0 Å². The molecule has 0 bridgehead atoms. The minimum absolute atomic E-state index is 0.130. The SMILES string of the molecule is COc1ccc(C2CC(=O)Nc3c(S(=O)(=O)c4ccc(C)cc4)csc32)cc1OC. The van der Waals surface area contributed by atoms with Crippen molar-refractivity contribution >= 4 is 32.8 Å². The van der Waals surface area contributed by atoms with Gasteiger partial charge in [0.15, 0.2) is 11.5 Å². The Morgan fingerprint density at radius 1 is 1.03 bits per heavy atom. The summed E-state index contributed by atoms with van der Waals surface area (Å²) in [5, 5.41) is 4.39. The molecule has 1 N–H and O–H groups in total. The highest BCUT2D eigenvalue weighted by molar-refractivity contribution is 7.91. The molecule has 8 heteroatoms. The van der Waals surface area contributed by atoms with Crippen molar-refractivity contribution in [3.8, 4) is 11.5 Å². The normalized spacial score (nSPS) is 16.0. The van der Waals surface area contributed by atoms with Gasteiger partial charge in [0.2, 0.25) is 15.7 Å². The lowest BCUT2D eigenvalue weighted by molar-refractivity contribution is -0.116. The zero-order chi connectivity index (χ0) is 21.5. The van der Waals surface area contributed by atoms with E-state index in [-0.39, 0.29) is 28.0 Å². The number of sulfone groups is 1. The van der Waals surface area contributed by atoms with E-state index in [2.05, 4.69) is 5.32 Å².